The zero-order valence-electron chi connectivity index (χ0n) is 15.5. The Morgan fingerprint density at radius 2 is 1.93 bits per heavy atom. The van der Waals surface area contributed by atoms with Gasteiger partial charge in [0, 0.05) is 44.2 Å². The van der Waals surface area contributed by atoms with E-state index in [1.165, 1.54) is 25.3 Å². The van der Waals surface area contributed by atoms with Gasteiger partial charge in [-0.1, -0.05) is 0 Å². The normalized spacial score (nSPS) is 18.7. The minimum absolute atomic E-state index is 0.119. The van der Waals surface area contributed by atoms with Crippen LogP contribution >= 0.6 is 0 Å². The van der Waals surface area contributed by atoms with Gasteiger partial charge < -0.3 is 15.0 Å². The molecule has 1 atom stereocenters. The number of nitro groups is 1. The third-order valence-electron chi connectivity index (χ3n) is 5.13. The molecule has 3 rings (SSSR count). The van der Waals surface area contributed by atoms with Crippen LogP contribution in [0.1, 0.15) is 19.8 Å². The van der Waals surface area contributed by atoms with Gasteiger partial charge >= 0.3 is 0 Å². The van der Waals surface area contributed by atoms with E-state index in [-0.39, 0.29) is 29.1 Å². The summed E-state index contributed by atoms with van der Waals surface area (Å²) < 4.78 is 5.18. The molecule has 1 saturated heterocycles. The molecule has 1 aromatic rings. The average Bonchev–Trinajstić information content (AvgIpc) is 3.52. The number of benzene rings is 1. The molecule has 1 aliphatic carbocycles. The summed E-state index contributed by atoms with van der Waals surface area (Å²) in [5.74, 6) is 0.531. The molecule has 9 heteroatoms. The fourth-order valence-electron chi connectivity index (χ4n) is 3.23. The lowest BCUT2D eigenvalue weighted by molar-refractivity contribution is -0.384. The van der Waals surface area contributed by atoms with Crippen molar-refractivity contribution in [2.75, 3.05) is 38.6 Å². The van der Waals surface area contributed by atoms with Crippen molar-refractivity contribution in [1.29, 1.82) is 0 Å². The number of hydrogen-bond donors (Lipinski definition) is 1. The molecule has 1 aliphatic heterocycles. The van der Waals surface area contributed by atoms with E-state index < -0.39 is 11.0 Å². The van der Waals surface area contributed by atoms with Crippen LogP contribution in [0.5, 0.6) is 5.75 Å². The van der Waals surface area contributed by atoms with Crippen molar-refractivity contribution >= 4 is 23.2 Å². The van der Waals surface area contributed by atoms with Crippen LogP contribution < -0.4 is 10.1 Å². The molecule has 2 fully saturated rings. The first-order chi connectivity index (χ1) is 12.9. The molecular formula is C18H24N4O5. The Morgan fingerprint density at radius 1 is 1.26 bits per heavy atom. The van der Waals surface area contributed by atoms with Crippen LogP contribution in [-0.4, -0.2) is 65.9 Å². The third kappa shape index (κ3) is 4.36. The van der Waals surface area contributed by atoms with Gasteiger partial charge in [0.25, 0.3) is 5.69 Å². The average molecular weight is 376 g/mol. The van der Waals surface area contributed by atoms with Gasteiger partial charge in [0.15, 0.2) is 0 Å². The number of hydrogen-bond acceptors (Lipinski definition) is 6. The Bertz CT molecular complexity index is 741. The summed E-state index contributed by atoms with van der Waals surface area (Å²) in [5, 5.41) is 13.7. The van der Waals surface area contributed by atoms with Crippen LogP contribution in [0, 0.1) is 16.0 Å². The summed E-state index contributed by atoms with van der Waals surface area (Å²) in [6.45, 7) is 4.27. The summed E-state index contributed by atoms with van der Waals surface area (Å²) in [5.41, 5.74) is 0.150. The molecule has 1 N–H and O–H groups in total. The first-order valence-electron chi connectivity index (χ1n) is 9.07. The van der Waals surface area contributed by atoms with E-state index in [0.29, 0.717) is 31.9 Å². The first kappa shape index (κ1) is 19.1. The van der Waals surface area contributed by atoms with E-state index >= 15 is 0 Å². The molecule has 1 heterocycles. The molecule has 1 aromatic carbocycles. The van der Waals surface area contributed by atoms with E-state index in [1.807, 2.05) is 9.80 Å². The summed E-state index contributed by atoms with van der Waals surface area (Å²) in [6.07, 6.45) is 1.98. The largest absolute Gasteiger partial charge is 0.495 e. The number of ether oxygens (including phenoxy) is 1. The van der Waals surface area contributed by atoms with Gasteiger partial charge in [-0.15, -0.1) is 0 Å². The number of methoxy groups -OCH3 is 1. The summed E-state index contributed by atoms with van der Waals surface area (Å²) in [6, 6.07) is 3.65. The summed E-state index contributed by atoms with van der Waals surface area (Å²) in [4.78, 5) is 39.1. The van der Waals surface area contributed by atoms with Crippen molar-refractivity contribution in [1.82, 2.24) is 9.80 Å². The molecule has 146 valence electrons. The van der Waals surface area contributed by atoms with Gasteiger partial charge in [0.05, 0.1) is 23.8 Å². The van der Waals surface area contributed by atoms with Gasteiger partial charge in [-0.05, 0) is 25.8 Å². The van der Waals surface area contributed by atoms with E-state index in [4.69, 9.17) is 4.74 Å². The Hall–Kier alpha value is -2.68. The molecule has 0 bridgehead atoms. The fraction of sp³-hybridized carbons (Fsp3) is 0.556. The predicted octanol–water partition coefficient (Wildman–Crippen LogP) is 1.48. The van der Waals surface area contributed by atoms with Crippen LogP contribution in [0.2, 0.25) is 0 Å². The molecule has 0 aromatic heterocycles. The van der Waals surface area contributed by atoms with Crippen LogP contribution in [0.4, 0.5) is 11.4 Å². The standard InChI is InChI=1S/C18H24N4O5/c1-12(20-7-9-21(10-8-20)18(24)13-3-4-13)17(23)19-15-11-14(22(25)26)5-6-16(15)27-2/h5-6,11-13H,3-4,7-10H2,1-2H3,(H,19,23). The predicted molar refractivity (Wildman–Crippen MR) is 98.6 cm³/mol. The summed E-state index contributed by atoms with van der Waals surface area (Å²) in [7, 11) is 1.44. The Balaban J connectivity index is 1.60. The number of piperazine rings is 1. The maximum atomic E-state index is 12.6. The van der Waals surface area contributed by atoms with Gasteiger partial charge in [0.1, 0.15) is 5.75 Å². The van der Waals surface area contributed by atoms with Gasteiger partial charge in [-0.2, -0.15) is 0 Å². The fourth-order valence-corrected chi connectivity index (χ4v) is 3.23. The van der Waals surface area contributed by atoms with Crippen molar-refractivity contribution in [3.05, 3.63) is 28.3 Å². The van der Waals surface area contributed by atoms with Gasteiger partial charge in [-0.3, -0.25) is 24.6 Å². The van der Waals surface area contributed by atoms with E-state index in [2.05, 4.69) is 5.32 Å². The Labute approximate surface area is 157 Å². The van der Waals surface area contributed by atoms with Gasteiger partial charge in [-0.25, -0.2) is 0 Å². The lowest BCUT2D eigenvalue weighted by atomic mass is 10.2. The molecule has 9 nitrogen and oxygen atoms in total. The molecule has 0 spiro atoms. The third-order valence-corrected chi connectivity index (χ3v) is 5.13. The second-order valence-corrected chi connectivity index (χ2v) is 6.94. The number of anilines is 1. The summed E-state index contributed by atoms with van der Waals surface area (Å²) >= 11 is 0. The van der Waals surface area contributed by atoms with Crippen LogP contribution in [0.25, 0.3) is 0 Å². The van der Waals surface area contributed by atoms with E-state index in [1.54, 1.807) is 6.92 Å². The van der Waals surface area contributed by atoms with Crippen LogP contribution in [0.15, 0.2) is 18.2 Å². The van der Waals surface area contributed by atoms with Crippen molar-refractivity contribution in [2.45, 2.75) is 25.8 Å². The molecule has 0 radical (unpaired) electrons. The molecule has 2 amide bonds. The van der Waals surface area contributed by atoms with Crippen molar-refractivity contribution in [3.8, 4) is 5.75 Å². The maximum absolute atomic E-state index is 12.6. The number of non-ortho nitro benzene ring substituents is 1. The van der Waals surface area contributed by atoms with Crippen molar-refractivity contribution in [2.24, 2.45) is 5.92 Å². The van der Waals surface area contributed by atoms with Gasteiger partial charge in [0.2, 0.25) is 11.8 Å². The minimum Gasteiger partial charge on any atom is -0.495 e. The van der Waals surface area contributed by atoms with E-state index in [0.717, 1.165) is 12.8 Å². The molecule has 1 saturated carbocycles. The van der Waals surface area contributed by atoms with E-state index in [9.17, 15) is 19.7 Å². The van der Waals surface area contributed by atoms with Crippen molar-refractivity contribution < 1.29 is 19.2 Å². The van der Waals surface area contributed by atoms with Crippen LogP contribution in [-0.2, 0) is 9.59 Å². The SMILES string of the molecule is COc1ccc([N+](=O)[O-])cc1NC(=O)C(C)N1CCN(C(=O)C2CC2)CC1. The lowest BCUT2D eigenvalue weighted by Crippen LogP contribution is -2.54. The number of amides is 2. The number of carbonyl (C=O) groups is 2. The number of nitrogens with one attached hydrogen (secondary N) is 1. The second kappa shape index (κ2) is 7.91. The maximum Gasteiger partial charge on any atom is 0.271 e. The number of nitro benzene ring substituents is 1. The smallest absolute Gasteiger partial charge is 0.271 e. The monoisotopic (exact) mass is 376 g/mol. The Morgan fingerprint density at radius 3 is 2.48 bits per heavy atom. The molecule has 2 aliphatic rings. The number of nitrogens with zero attached hydrogens (tertiary/aromatic N) is 3. The Kier molecular flexibility index (Phi) is 5.59. The highest BCUT2D eigenvalue weighted by atomic mass is 16.6. The quantitative estimate of drug-likeness (QED) is 0.596. The topological polar surface area (TPSA) is 105 Å². The lowest BCUT2D eigenvalue weighted by Gasteiger charge is -2.37. The van der Waals surface area contributed by atoms with Crippen LogP contribution in [0.3, 0.4) is 0 Å². The number of rotatable bonds is 6. The molecule has 27 heavy (non-hydrogen) atoms. The highest BCUT2D eigenvalue weighted by Gasteiger charge is 2.35. The number of carbonyl (C=O) groups excluding carboxylic acids is 2. The van der Waals surface area contributed by atoms with Crippen molar-refractivity contribution in [3.63, 3.8) is 0 Å². The minimum atomic E-state index is -0.519. The zero-order chi connectivity index (χ0) is 19.6. The molecule has 1 unspecified atom stereocenters. The highest BCUT2D eigenvalue weighted by molar-refractivity contribution is 5.96. The second-order valence-electron chi connectivity index (χ2n) is 6.94. The highest BCUT2D eigenvalue weighted by Crippen LogP contribution is 2.31. The zero-order valence-corrected chi connectivity index (χ0v) is 15.5. The first-order valence-corrected chi connectivity index (χ1v) is 9.07. The molecular weight excluding hydrogens is 352 g/mol.